The maximum Gasteiger partial charge on any atom is 0.302 e. The number of hydrogen-bond donors (Lipinski definition) is 3. The quantitative estimate of drug-likeness (QED) is 0.611. The number of imidazole rings is 1. The number of aromatic nitrogens is 4. The average molecular weight is 379 g/mol. The zero-order chi connectivity index (χ0) is 19.7. The van der Waals surface area contributed by atoms with Crippen molar-refractivity contribution < 1.29 is 24.2 Å². The van der Waals surface area contributed by atoms with Crippen LogP contribution in [0, 0.1) is 5.92 Å². The number of carbonyl (C=O) groups excluding carboxylic acids is 2. The van der Waals surface area contributed by atoms with Gasteiger partial charge in [-0.05, 0) is 0 Å². The Labute approximate surface area is 153 Å². The van der Waals surface area contributed by atoms with Gasteiger partial charge >= 0.3 is 5.97 Å². The van der Waals surface area contributed by atoms with Crippen molar-refractivity contribution in [3.05, 3.63) is 16.7 Å². The molecule has 3 rings (SSSR count). The highest BCUT2D eigenvalue weighted by Gasteiger charge is 2.38. The van der Waals surface area contributed by atoms with Crippen molar-refractivity contribution >= 4 is 29.0 Å². The van der Waals surface area contributed by atoms with Crippen LogP contribution in [0.4, 0.5) is 5.95 Å². The maximum absolute atomic E-state index is 12.2. The van der Waals surface area contributed by atoms with E-state index in [1.165, 1.54) is 17.8 Å². The van der Waals surface area contributed by atoms with Crippen LogP contribution < -0.4 is 10.9 Å². The minimum absolute atomic E-state index is 0.00110. The third kappa shape index (κ3) is 3.83. The molecule has 1 amide bonds. The number of fused-ring (bicyclic) bond motifs is 1. The van der Waals surface area contributed by atoms with E-state index >= 15 is 0 Å². The van der Waals surface area contributed by atoms with Gasteiger partial charge in [0.15, 0.2) is 11.2 Å². The van der Waals surface area contributed by atoms with Gasteiger partial charge in [0.2, 0.25) is 11.9 Å². The molecule has 146 valence electrons. The van der Waals surface area contributed by atoms with E-state index in [4.69, 9.17) is 9.47 Å². The van der Waals surface area contributed by atoms with Gasteiger partial charge in [-0.1, -0.05) is 13.8 Å². The zero-order valence-corrected chi connectivity index (χ0v) is 15.1. The predicted molar refractivity (Wildman–Crippen MR) is 92.8 cm³/mol. The highest BCUT2D eigenvalue weighted by molar-refractivity contribution is 5.91. The number of aliphatic hydroxyl groups excluding tert-OH is 1. The highest BCUT2D eigenvalue weighted by Crippen LogP contribution is 2.32. The normalized spacial score (nSPS) is 22.3. The Morgan fingerprint density at radius 1 is 1.52 bits per heavy atom. The van der Waals surface area contributed by atoms with Crippen LogP contribution in [0.2, 0.25) is 0 Å². The van der Waals surface area contributed by atoms with Gasteiger partial charge in [-0.25, -0.2) is 4.98 Å². The number of H-pyrrole nitrogens is 1. The van der Waals surface area contributed by atoms with Crippen LogP contribution >= 0.6 is 0 Å². The van der Waals surface area contributed by atoms with Crippen molar-refractivity contribution in [1.82, 2.24) is 19.5 Å². The first-order chi connectivity index (χ1) is 12.8. The van der Waals surface area contributed by atoms with Gasteiger partial charge in [-0.2, -0.15) is 4.98 Å². The van der Waals surface area contributed by atoms with E-state index in [1.807, 2.05) is 0 Å². The van der Waals surface area contributed by atoms with Crippen LogP contribution in [-0.2, 0) is 19.1 Å². The Balaban J connectivity index is 1.93. The summed E-state index contributed by atoms with van der Waals surface area (Å²) in [5.41, 5.74) is -0.216. The molecular weight excluding hydrogens is 358 g/mol. The van der Waals surface area contributed by atoms with Crippen LogP contribution in [0.15, 0.2) is 11.1 Å². The molecule has 1 fully saturated rings. The molecule has 3 N–H and O–H groups in total. The standard InChI is InChI=1S/C16H21N5O6/c1-7(2)14(24)19-16-18-13-12(15(25)20-16)17-6-21(13)11-4-9(26-8(3)23)10(5-22)27-11/h6-7,9-11,22H,4-5H2,1-3H3,(H2,18,19,20,24,25)/t9-,10-,11-/m1/s1. The Kier molecular flexibility index (Phi) is 5.24. The minimum atomic E-state index is -0.696. The molecule has 1 aliphatic rings. The Morgan fingerprint density at radius 3 is 2.89 bits per heavy atom. The number of esters is 1. The summed E-state index contributed by atoms with van der Waals surface area (Å²) in [6.07, 6.45) is -0.316. The number of ether oxygens (including phenoxy) is 2. The van der Waals surface area contributed by atoms with Crippen LogP contribution in [-0.4, -0.2) is 55.3 Å². The number of anilines is 1. The maximum atomic E-state index is 12.2. The number of hydrogen-bond acceptors (Lipinski definition) is 8. The van der Waals surface area contributed by atoms with Gasteiger partial charge in [0, 0.05) is 19.3 Å². The van der Waals surface area contributed by atoms with Gasteiger partial charge in [0.1, 0.15) is 18.4 Å². The predicted octanol–water partition coefficient (Wildman–Crippen LogP) is -0.0744. The van der Waals surface area contributed by atoms with E-state index in [1.54, 1.807) is 13.8 Å². The van der Waals surface area contributed by atoms with Crippen molar-refractivity contribution in [3.63, 3.8) is 0 Å². The van der Waals surface area contributed by atoms with Crippen molar-refractivity contribution in [2.24, 2.45) is 5.92 Å². The topological polar surface area (TPSA) is 148 Å². The number of aromatic amines is 1. The molecule has 0 radical (unpaired) electrons. The Bertz CT molecular complexity index is 920. The Hall–Kier alpha value is -2.79. The van der Waals surface area contributed by atoms with E-state index < -0.39 is 30.0 Å². The van der Waals surface area contributed by atoms with E-state index in [9.17, 15) is 19.5 Å². The molecule has 11 nitrogen and oxygen atoms in total. The molecule has 2 aromatic rings. The van der Waals surface area contributed by atoms with Gasteiger partial charge in [0.05, 0.1) is 12.9 Å². The van der Waals surface area contributed by atoms with Crippen molar-refractivity contribution in [1.29, 1.82) is 0 Å². The number of aliphatic hydroxyl groups is 1. The summed E-state index contributed by atoms with van der Waals surface area (Å²) in [6.45, 7) is 4.38. The van der Waals surface area contributed by atoms with E-state index in [0.29, 0.717) is 0 Å². The molecule has 0 unspecified atom stereocenters. The monoisotopic (exact) mass is 379 g/mol. The smallest absolute Gasteiger partial charge is 0.302 e. The van der Waals surface area contributed by atoms with Gasteiger partial charge in [0.25, 0.3) is 5.56 Å². The summed E-state index contributed by atoms with van der Waals surface area (Å²) in [5, 5.41) is 12.0. The van der Waals surface area contributed by atoms with Gasteiger partial charge < -0.3 is 14.6 Å². The fourth-order valence-corrected chi connectivity index (χ4v) is 2.83. The number of nitrogens with zero attached hydrogens (tertiary/aromatic N) is 3. The van der Waals surface area contributed by atoms with E-state index in [2.05, 4.69) is 20.3 Å². The highest BCUT2D eigenvalue weighted by atomic mass is 16.6. The summed E-state index contributed by atoms with van der Waals surface area (Å²) in [6, 6.07) is 0. The average Bonchev–Trinajstić information content (AvgIpc) is 3.18. The molecule has 1 aliphatic heterocycles. The van der Waals surface area contributed by atoms with Crippen LogP contribution in [0.1, 0.15) is 33.4 Å². The second-order valence-corrected chi connectivity index (χ2v) is 6.58. The molecule has 1 saturated heterocycles. The third-order valence-electron chi connectivity index (χ3n) is 4.19. The summed E-state index contributed by atoms with van der Waals surface area (Å²) in [5.74, 6) is -1.06. The van der Waals surface area contributed by atoms with Crippen LogP contribution in [0.3, 0.4) is 0 Å². The molecule has 11 heteroatoms. The number of rotatable bonds is 5. The fraction of sp³-hybridized carbons (Fsp3) is 0.562. The first-order valence-electron chi connectivity index (χ1n) is 8.51. The lowest BCUT2D eigenvalue weighted by molar-refractivity contribution is -0.150. The third-order valence-corrected chi connectivity index (χ3v) is 4.19. The van der Waals surface area contributed by atoms with Crippen LogP contribution in [0.25, 0.3) is 11.2 Å². The molecule has 0 bridgehead atoms. The largest absolute Gasteiger partial charge is 0.460 e. The first-order valence-corrected chi connectivity index (χ1v) is 8.51. The second-order valence-electron chi connectivity index (χ2n) is 6.58. The lowest BCUT2D eigenvalue weighted by Crippen LogP contribution is -2.29. The first kappa shape index (κ1) is 19.0. The molecule has 3 heterocycles. The molecule has 0 saturated carbocycles. The van der Waals surface area contributed by atoms with E-state index in [-0.39, 0.29) is 42.0 Å². The van der Waals surface area contributed by atoms with Crippen molar-refractivity contribution in [2.45, 2.75) is 45.6 Å². The van der Waals surface area contributed by atoms with Gasteiger partial charge in [-0.15, -0.1) is 0 Å². The fourth-order valence-electron chi connectivity index (χ4n) is 2.83. The lowest BCUT2D eigenvalue weighted by Gasteiger charge is -2.15. The molecule has 2 aromatic heterocycles. The molecule has 0 spiro atoms. The molecular formula is C16H21N5O6. The summed E-state index contributed by atoms with van der Waals surface area (Å²) in [7, 11) is 0. The molecule has 27 heavy (non-hydrogen) atoms. The molecule has 0 aromatic carbocycles. The summed E-state index contributed by atoms with van der Waals surface area (Å²) < 4.78 is 12.4. The lowest BCUT2D eigenvalue weighted by atomic mass is 10.2. The van der Waals surface area contributed by atoms with Crippen molar-refractivity contribution in [2.75, 3.05) is 11.9 Å². The molecule has 0 aliphatic carbocycles. The minimum Gasteiger partial charge on any atom is -0.460 e. The summed E-state index contributed by atoms with van der Waals surface area (Å²) >= 11 is 0. The van der Waals surface area contributed by atoms with Crippen molar-refractivity contribution in [3.8, 4) is 0 Å². The molecule has 3 atom stereocenters. The number of amides is 1. The second kappa shape index (κ2) is 7.45. The Morgan fingerprint density at radius 2 is 2.26 bits per heavy atom. The van der Waals surface area contributed by atoms with E-state index in [0.717, 1.165) is 0 Å². The zero-order valence-electron chi connectivity index (χ0n) is 15.1. The summed E-state index contributed by atoms with van der Waals surface area (Å²) in [4.78, 5) is 46.1. The van der Waals surface area contributed by atoms with Gasteiger partial charge in [-0.3, -0.25) is 29.3 Å². The number of nitrogens with one attached hydrogen (secondary N) is 2. The number of carbonyl (C=O) groups is 2. The SMILES string of the molecule is CC(=O)O[C@@H]1C[C@H](n2cnc3c(=O)[nH]c(NC(=O)C(C)C)nc32)O[C@@H]1CO. The van der Waals surface area contributed by atoms with Crippen LogP contribution in [0.5, 0.6) is 0 Å².